The minimum absolute atomic E-state index is 0.128. The van der Waals surface area contributed by atoms with Crippen LogP contribution < -0.4 is 5.32 Å². The molecular weight excluding hydrogens is 404 g/mol. The van der Waals surface area contributed by atoms with Crippen LogP contribution in [-0.4, -0.2) is 20.9 Å². The number of aromatic nitrogens is 3. The number of amides is 1. The van der Waals surface area contributed by atoms with Crippen molar-refractivity contribution in [2.45, 2.75) is 32.2 Å². The summed E-state index contributed by atoms with van der Waals surface area (Å²) in [5, 5.41) is 6.45. The van der Waals surface area contributed by atoms with Crippen molar-refractivity contribution in [1.82, 2.24) is 20.3 Å². The number of nitrogens with one attached hydrogen (secondary N) is 2. The minimum Gasteiger partial charge on any atom is -0.347 e. The highest BCUT2D eigenvalue weighted by Crippen LogP contribution is 2.18. The third kappa shape index (κ3) is 5.22. The SMILES string of the molecule is O=C(NCc1ccccc1)c1csc(CCCCc2nc3ccc(Cl)cc3[nH]2)n1. The number of unbranched alkanes of at least 4 members (excludes halogenated alkanes) is 1. The number of aromatic amines is 1. The van der Waals surface area contributed by atoms with Gasteiger partial charge in [0.15, 0.2) is 0 Å². The fourth-order valence-corrected chi connectivity index (χ4v) is 4.11. The molecule has 0 aliphatic rings. The number of rotatable bonds is 8. The second-order valence-electron chi connectivity index (χ2n) is 6.85. The zero-order valence-corrected chi connectivity index (χ0v) is 17.4. The van der Waals surface area contributed by atoms with Crippen molar-refractivity contribution in [2.24, 2.45) is 0 Å². The highest BCUT2D eigenvalue weighted by molar-refractivity contribution is 7.09. The molecule has 1 amide bonds. The van der Waals surface area contributed by atoms with Crippen molar-refractivity contribution >= 4 is 39.9 Å². The van der Waals surface area contributed by atoms with Gasteiger partial charge in [-0.25, -0.2) is 9.97 Å². The molecule has 7 heteroatoms. The predicted molar refractivity (Wildman–Crippen MR) is 117 cm³/mol. The second kappa shape index (κ2) is 9.20. The number of hydrogen-bond donors (Lipinski definition) is 2. The lowest BCUT2D eigenvalue weighted by Gasteiger charge is -2.02. The van der Waals surface area contributed by atoms with Crippen LogP contribution in [0.4, 0.5) is 0 Å². The maximum Gasteiger partial charge on any atom is 0.271 e. The summed E-state index contributed by atoms with van der Waals surface area (Å²) >= 11 is 7.56. The van der Waals surface area contributed by atoms with E-state index in [0.29, 0.717) is 17.3 Å². The average Bonchev–Trinajstić information content (AvgIpc) is 3.36. The third-order valence-corrected chi connectivity index (χ3v) is 5.77. The maximum absolute atomic E-state index is 12.3. The molecule has 2 N–H and O–H groups in total. The monoisotopic (exact) mass is 424 g/mol. The van der Waals surface area contributed by atoms with Gasteiger partial charge in [-0.15, -0.1) is 11.3 Å². The van der Waals surface area contributed by atoms with Crippen LogP contribution in [0.1, 0.15) is 39.7 Å². The van der Waals surface area contributed by atoms with Crippen LogP contribution >= 0.6 is 22.9 Å². The molecule has 0 atom stereocenters. The van der Waals surface area contributed by atoms with Crippen LogP contribution in [0.25, 0.3) is 11.0 Å². The van der Waals surface area contributed by atoms with Crippen molar-refractivity contribution in [3.8, 4) is 0 Å². The molecule has 29 heavy (non-hydrogen) atoms. The Morgan fingerprint density at radius 3 is 2.76 bits per heavy atom. The Hall–Kier alpha value is -2.70. The summed E-state index contributed by atoms with van der Waals surface area (Å²) in [4.78, 5) is 24.7. The lowest BCUT2D eigenvalue weighted by molar-refractivity contribution is 0.0946. The Kier molecular flexibility index (Phi) is 6.22. The number of hydrogen-bond acceptors (Lipinski definition) is 4. The number of carbonyl (C=O) groups is 1. The molecule has 2 aromatic heterocycles. The van der Waals surface area contributed by atoms with Crippen LogP contribution in [0.15, 0.2) is 53.9 Å². The summed E-state index contributed by atoms with van der Waals surface area (Å²) in [5.74, 6) is 0.847. The zero-order chi connectivity index (χ0) is 20.1. The molecule has 148 valence electrons. The number of thiazole rings is 1. The predicted octanol–water partition coefficient (Wildman–Crippen LogP) is 5.17. The van der Waals surface area contributed by atoms with E-state index >= 15 is 0 Å². The van der Waals surface area contributed by atoms with Crippen molar-refractivity contribution in [3.63, 3.8) is 0 Å². The van der Waals surface area contributed by atoms with Gasteiger partial charge in [-0.3, -0.25) is 4.79 Å². The van der Waals surface area contributed by atoms with Crippen LogP contribution in [-0.2, 0) is 19.4 Å². The van der Waals surface area contributed by atoms with Crippen LogP contribution in [0.5, 0.6) is 0 Å². The number of aryl methyl sites for hydroxylation is 2. The molecule has 0 aliphatic carbocycles. The Morgan fingerprint density at radius 2 is 1.90 bits per heavy atom. The molecule has 0 spiro atoms. The fourth-order valence-electron chi connectivity index (χ4n) is 3.12. The van der Waals surface area contributed by atoms with Crippen molar-refractivity contribution in [3.05, 3.63) is 81.0 Å². The lowest BCUT2D eigenvalue weighted by atomic mass is 10.2. The molecule has 5 nitrogen and oxygen atoms in total. The molecule has 0 unspecified atom stereocenters. The summed E-state index contributed by atoms with van der Waals surface area (Å²) in [6.45, 7) is 0.509. The first-order valence-corrected chi connectivity index (χ1v) is 10.8. The Bertz CT molecular complexity index is 1110. The number of H-pyrrole nitrogens is 1. The van der Waals surface area contributed by atoms with Gasteiger partial charge in [0.05, 0.1) is 16.0 Å². The molecular formula is C22H21ClN4OS. The van der Waals surface area contributed by atoms with Crippen LogP contribution in [0, 0.1) is 0 Å². The number of benzene rings is 2. The quantitative estimate of drug-likeness (QED) is 0.383. The fraction of sp³-hybridized carbons (Fsp3) is 0.227. The van der Waals surface area contributed by atoms with E-state index in [0.717, 1.165) is 53.1 Å². The number of imidazole rings is 1. The van der Waals surface area contributed by atoms with E-state index in [4.69, 9.17) is 11.6 Å². The minimum atomic E-state index is -0.128. The molecule has 0 saturated heterocycles. The Balaban J connectivity index is 1.23. The molecule has 0 aliphatic heterocycles. The average molecular weight is 425 g/mol. The van der Waals surface area contributed by atoms with Gasteiger partial charge in [-0.1, -0.05) is 41.9 Å². The van der Waals surface area contributed by atoms with E-state index in [2.05, 4.69) is 20.3 Å². The van der Waals surface area contributed by atoms with Gasteiger partial charge in [-0.2, -0.15) is 0 Å². The summed E-state index contributed by atoms with van der Waals surface area (Å²) in [6, 6.07) is 15.5. The Morgan fingerprint density at radius 1 is 1.07 bits per heavy atom. The summed E-state index contributed by atoms with van der Waals surface area (Å²) in [5.41, 5.74) is 3.48. The lowest BCUT2D eigenvalue weighted by Crippen LogP contribution is -2.23. The number of nitrogens with zero attached hydrogens (tertiary/aromatic N) is 2. The molecule has 4 rings (SSSR count). The molecule has 2 heterocycles. The topological polar surface area (TPSA) is 70.7 Å². The number of halogens is 1. The van der Waals surface area contributed by atoms with Gasteiger partial charge in [0.25, 0.3) is 5.91 Å². The van der Waals surface area contributed by atoms with Gasteiger partial charge < -0.3 is 10.3 Å². The smallest absolute Gasteiger partial charge is 0.271 e. The molecule has 0 fully saturated rings. The van der Waals surface area contributed by atoms with Crippen LogP contribution in [0.3, 0.4) is 0 Å². The number of carbonyl (C=O) groups excluding carboxylic acids is 1. The largest absolute Gasteiger partial charge is 0.347 e. The molecule has 0 saturated carbocycles. The van der Waals surface area contributed by atoms with Crippen molar-refractivity contribution in [2.75, 3.05) is 0 Å². The third-order valence-electron chi connectivity index (χ3n) is 4.63. The van der Waals surface area contributed by atoms with Crippen molar-refractivity contribution < 1.29 is 4.79 Å². The first-order valence-electron chi connectivity index (χ1n) is 9.58. The van der Waals surface area contributed by atoms with E-state index in [9.17, 15) is 4.79 Å². The van der Waals surface area contributed by atoms with Gasteiger partial charge in [0.2, 0.25) is 0 Å². The maximum atomic E-state index is 12.3. The van der Waals surface area contributed by atoms with Crippen molar-refractivity contribution in [1.29, 1.82) is 0 Å². The number of fused-ring (bicyclic) bond motifs is 1. The van der Waals surface area contributed by atoms with E-state index in [-0.39, 0.29) is 5.91 Å². The van der Waals surface area contributed by atoms with E-state index in [1.165, 1.54) is 0 Å². The molecule has 0 radical (unpaired) electrons. The van der Waals surface area contributed by atoms with Gasteiger partial charge in [0.1, 0.15) is 11.5 Å². The summed E-state index contributed by atoms with van der Waals surface area (Å²) < 4.78 is 0. The standard InChI is InChI=1S/C22H21ClN4OS/c23-16-10-11-17-18(12-16)26-20(25-17)8-4-5-9-21-27-19(14-29-21)22(28)24-13-15-6-2-1-3-7-15/h1-3,6-7,10-12,14H,4-5,8-9,13H2,(H,24,28)(H,25,26). The van der Waals surface area contributed by atoms with Crippen LogP contribution in [0.2, 0.25) is 5.02 Å². The second-order valence-corrected chi connectivity index (χ2v) is 8.23. The van der Waals surface area contributed by atoms with Gasteiger partial charge in [-0.05, 0) is 43.0 Å². The van der Waals surface area contributed by atoms with Gasteiger partial charge in [0, 0.05) is 23.4 Å². The summed E-state index contributed by atoms with van der Waals surface area (Å²) in [7, 11) is 0. The highest BCUT2D eigenvalue weighted by atomic mass is 35.5. The molecule has 2 aromatic carbocycles. The Labute approximate surface area is 178 Å². The van der Waals surface area contributed by atoms with E-state index < -0.39 is 0 Å². The first kappa shape index (κ1) is 19.6. The van der Waals surface area contributed by atoms with E-state index in [1.807, 2.05) is 53.9 Å². The highest BCUT2D eigenvalue weighted by Gasteiger charge is 2.10. The molecule has 0 bridgehead atoms. The first-order chi connectivity index (χ1) is 14.2. The zero-order valence-electron chi connectivity index (χ0n) is 15.8. The van der Waals surface area contributed by atoms with Gasteiger partial charge >= 0.3 is 0 Å². The molecule has 4 aromatic rings. The summed E-state index contributed by atoms with van der Waals surface area (Å²) in [6.07, 6.45) is 3.74. The van der Waals surface area contributed by atoms with E-state index in [1.54, 1.807) is 11.3 Å². The normalized spacial score (nSPS) is 11.1.